The molecule has 6 fully saturated rings. The van der Waals surface area contributed by atoms with Crippen LogP contribution in [0.5, 0.6) is 0 Å². The molecule has 46 heavy (non-hydrogen) atoms. The van der Waals surface area contributed by atoms with Crippen molar-refractivity contribution in [3.8, 4) is 0 Å². The van der Waals surface area contributed by atoms with Crippen LogP contribution >= 0.6 is 0 Å². The molecule has 0 aromatic heterocycles. The van der Waals surface area contributed by atoms with E-state index in [0.29, 0.717) is 31.5 Å². The summed E-state index contributed by atoms with van der Waals surface area (Å²) in [4.78, 5) is 27.7. The summed E-state index contributed by atoms with van der Waals surface area (Å²) in [5.41, 5.74) is 0.453. The maximum Gasteiger partial charge on any atom is 0.187 e. The Balaban J connectivity index is 1.02. The molecule has 7 aliphatic rings. The fourth-order valence-corrected chi connectivity index (χ4v) is 10.7. The summed E-state index contributed by atoms with van der Waals surface area (Å²) in [5.74, 6) is 0.222. The van der Waals surface area contributed by atoms with Gasteiger partial charge in [0, 0.05) is 43.1 Å². The van der Waals surface area contributed by atoms with E-state index in [0.717, 1.165) is 12.8 Å². The van der Waals surface area contributed by atoms with Crippen LogP contribution < -0.4 is 0 Å². The van der Waals surface area contributed by atoms with Gasteiger partial charge in [-0.05, 0) is 50.9 Å². The SMILES string of the molecule is COC1CC(OC2CCC3(C)C(=CCC4C3C(=O)C3OC(C)C5CC(=O)C4C35C)C2)OC(C)C1OC1OC(CO)C(O)C(O)C1O. The Kier molecular flexibility index (Phi) is 8.60. The fraction of sp³-hybridized carbons (Fsp3) is 0.882. The molecular weight excluding hydrogens is 600 g/mol. The highest BCUT2D eigenvalue weighted by atomic mass is 16.7. The molecule has 12 heteroatoms. The number of allylic oxidation sites excluding steroid dienone is 1. The lowest BCUT2D eigenvalue weighted by Crippen LogP contribution is -2.62. The Morgan fingerprint density at radius 1 is 0.957 bits per heavy atom. The van der Waals surface area contributed by atoms with E-state index in [9.17, 15) is 30.0 Å². The Labute approximate surface area is 269 Å². The molecule has 4 N–H and O–H groups in total. The number of hydrogen-bond donors (Lipinski definition) is 4. The van der Waals surface area contributed by atoms with Crippen LogP contribution in [-0.4, -0.2) is 119 Å². The third kappa shape index (κ3) is 4.85. The zero-order valence-electron chi connectivity index (χ0n) is 27.3. The minimum atomic E-state index is -1.55. The van der Waals surface area contributed by atoms with Crippen molar-refractivity contribution in [2.75, 3.05) is 13.7 Å². The Hall–Kier alpha value is -1.32. The molecular formula is C34H50O12. The molecule has 3 saturated heterocycles. The second kappa shape index (κ2) is 11.9. The molecule has 0 spiro atoms. The molecule has 18 atom stereocenters. The Morgan fingerprint density at radius 2 is 1.72 bits per heavy atom. The number of ether oxygens (including phenoxy) is 6. The van der Waals surface area contributed by atoms with Gasteiger partial charge in [-0.2, -0.15) is 0 Å². The second-order valence-electron chi connectivity index (χ2n) is 15.3. The van der Waals surface area contributed by atoms with Crippen LogP contribution in [0.15, 0.2) is 11.6 Å². The first-order valence-electron chi connectivity index (χ1n) is 17.0. The van der Waals surface area contributed by atoms with Crippen molar-refractivity contribution in [2.45, 2.75) is 140 Å². The number of carbonyl (C=O) groups is 2. The van der Waals surface area contributed by atoms with Gasteiger partial charge in [-0.15, -0.1) is 0 Å². The van der Waals surface area contributed by atoms with Gasteiger partial charge in [0.15, 0.2) is 18.4 Å². The van der Waals surface area contributed by atoms with Crippen LogP contribution in [0.3, 0.4) is 0 Å². The van der Waals surface area contributed by atoms with Gasteiger partial charge in [-0.3, -0.25) is 9.59 Å². The van der Waals surface area contributed by atoms with Crippen molar-refractivity contribution in [2.24, 2.45) is 34.5 Å². The van der Waals surface area contributed by atoms with Gasteiger partial charge in [-0.25, -0.2) is 0 Å². The predicted octanol–water partition coefficient (Wildman–Crippen LogP) is 1.04. The number of fused-ring (bicyclic) bond motifs is 4. The molecule has 4 aliphatic carbocycles. The summed E-state index contributed by atoms with van der Waals surface area (Å²) in [6, 6.07) is 0. The maximum absolute atomic E-state index is 14.2. The Morgan fingerprint density at radius 3 is 2.43 bits per heavy atom. The molecule has 18 unspecified atom stereocenters. The lowest BCUT2D eigenvalue weighted by Gasteiger charge is -2.57. The first-order chi connectivity index (χ1) is 21.8. The normalized spacial score (nSPS) is 55.0. The summed E-state index contributed by atoms with van der Waals surface area (Å²) in [5, 5.41) is 40.3. The Bertz CT molecular complexity index is 1240. The van der Waals surface area contributed by atoms with E-state index in [4.69, 9.17) is 28.4 Å². The average molecular weight is 651 g/mol. The molecule has 258 valence electrons. The minimum absolute atomic E-state index is 0.0111. The van der Waals surface area contributed by atoms with E-state index in [1.807, 2.05) is 6.92 Å². The lowest BCUT2D eigenvalue weighted by molar-refractivity contribution is -0.345. The minimum Gasteiger partial charge on any atom is -0.394 e. The molecule has 0 aromatic rings. The van der Waals surface area contributed by atoms with E-state index in [1.165, 1.54) is 5.57 Å². The number of Topliss-reactive ketones (excluding diaryl/α,β-unsaturated/α-hetero) is 2. The van der Waals surface area contributed by atoms with Crippen LogP contribution in [0.4, 0.5) is 0 Å². The highest BCUT2D eigenvalue weighted by Gasteiger charge is 2.72. The number of carbonyl (C=O) groups excluding carboxylic acids is 2. The molecule has 0 radical (unpaired) electrons. The quantitative estimate of drug-likeness (QED) is 0.302. The zero-order valence-corrected chi connectivity index (χ0v) is 27.3. The van der Waals surface area contributed by atoms with E-state index in [2.05, 4.69) is 19.9 Å². The number of hydrogen-bond acceptors (Lipinski definition) is 12. The number of aliphatic hydroxyl groups excluding tert-OH is 4. The molecule has 7 rings (SSSR count). The van der Waals surface area contributed by atoms with Gasteiger partial charge in [0.2, 0.25) is 0 Å². The van der Waals surface area contributed by atoms with Crippen LogP contribution in [0.1, 0.15) is 66.2 Å². The van der Waals surface area contributed by atoms with Crippen molar-refractivity contribution in [1.82, 2.24) is 0 Å². The second-order valence-corrected chi connectivity index (χ2v) is 15.3. The van der Waals surface area contributed by atoms with Crippen LogP contribution in [0.25, 0.3) is 0 Å². The molecule has 3 saturated carbocycles. The molecule has 3 heterocycles. The first kappa shape index (κ1) is 33.2. The van der Waals surface area contributed by atoms with E-state index >= 15 is 0 Å². The third-order valence-electron chi connectivity index (χ3n) is 13.0. The summed E-state index contributed by atoms with van der Waals surface area (Å²) in [6.45, 7) is 7.59. The van der Waals surface area contributed by atoms with Gasteiger partial charge in [0.1, 0.15) is 42.4 Å². The standard InChI is InChI=1S/C34H50O12/c1-14-19-11-20(36)24-18-7-6-16-10-17(8-9-33(16,3)25(18)27(38)31(43-14)34(19,24)4)44-23-12-21(41-5)30(15(2)42-23)46-32-29(40)28(39)26(37)22(13-35)45-32/h6,14-15,17-19,21-26,28-32,35,37,39-40H,7-13H2,1-5H3. The van der Waals surface area contributed by atoms with E-state index < -0.39 is 73.4 Å². The number of aliphatic hydroxyl groups is 4. The number of ketones is 2. The van der Waals surface area contributed by atoms with Crippen LogP contribution in [0, 0.1) is 34.5 Å². The fourth-order valence-electron chi connectivity index (χ4n) is 10.7. The van der Waals surface area contributed by atoms with Gasteiger partial charge in [-0.1, -0.05) is 25.5 Å². The highest BCUT2D eigenvalue weighted by Crippen LogP contribution is 2.67. The first-order valence-corrected chi connectivity index (χ1v) is 17.0. The maximum atomic E-state index is 14.2. The zero-order chi connectivity index (χ0) is 32.9. The molecule has 3 aliphatic heterocycles. The number of rotatable bonds is 6. The monoisotopic (exact) mass is 650 g/mol. The molecule has 0 bridgehead atoms. The topological polar surface area (TPSA) is 170 Å². The van der Waals surface area contributed by atoms with Crippen LogP contribution in [0.2, 0.25) is 0 Å². The molecule has 12 nitrogen and oxygen atoms in total. The lowest BCUT2D eigenvalue weighted by atomic mass is 9.46. The van der Waals surface area contributed by atoms with E-state index in [1.54, 1.807) is 14.0 Å². The van der Waals surface area contributed by atoms with Crippen LogP contribution in [-0.2, 0) is 38.0 Å². The van der Waals surface area contributed by atoms with Crippen molar-refractivity contribution in [3.05, 3.63) is 11.6 Å². The van der Waals surface area contributed by atoms with Crippen molar-refractivity contribution in [3.63, 3.8) is 0 Å². The highest BCUT2D eigenvalue weighted by molar-refractivity contribution is 5.96. The van der Waals surface area contributed by atoms with Crippen molar-refractivity contribution in [1.29, 1.82) is 0 Å². The summed E-state index contributed by atoms with van der Waals surface area (Å²) >= 11 is 0. The predicted molar refractivity (Wildman–Crippen MR) is 159 cm³/mol. The summed E-state index contributed by atoms with van der Waals surface area (Å²) in [7, 11) is 1.55. The molecule has 0 aromatic carbocycles. The smallest absolute Gasteiger partial charge is 0.187 e. The van der Waals surface area contributed by atoms with Gasteiger partial charge >= 0.3 is 0 Å². The van der Waals surface area contributed by atoms with Gasteiger partial charge in [0.05, 0.1) is 31.0 Å². The van der Waals surface area contributed by atoms with Crippen molar-refractivity contribution < 1.29 is 58.4 Å². The van der Waals surface area contributed by atoms with Gasteiger partial charge < -0.3 is 48.8 Å². The largest absolute Gasteiger partial charge is 0.394 e. The summed E-state index contributed by atoms with van der Waals surface area (Å²) in [6.07, 6.45) is -3.94. The molecule has 0 amide bonds. The third-order valence-corrected chi connectivity index (χ3v) is 13.0. The van der Waals surface area contributed by atoms with E-state index in [-0.39, 0.29) is 47.1 Å². The van der Waals surface area contributed by atoms with Gasteiger partial charge in [0.25, 0.3) is 0 Å². The summed E-state index contributed by atoms with van der Waals surface area (Å²) < 4.78 is 36.4. The number of methoxy groups -OCH3 is 1. The van der Waals surface area contributed by atoms with Crippen molar-refractivity contribution >= 4 is 11.6 Å². The average Bonchev–Trinajstić information content (AvgIpc) is 3.44.